The van der Waals surface area contributed by atoms with E-state index in [2.05, 4.69) is 41.2 Å². The van der Waals surface area contributed by atoms with Crippen LogP contribution in [-0.2, 0) is 0 Å². The van der Waals surface area contributed by atoms with Gasteiger partial charge in [-0.1, -0.05) is 0 Å². The first-order chi connectivity index (χ1) is 6.68. The second-order valence-electron chi connectivity index (χ2n) is 4.34. The van der Waals surface area contributed by atoms with E-state index in [-0.39, 0.29) is 0 Å². The molecular formula is C10H24N4. The van der Waals surface area contributed by atoms with Crippen LogP contribution in [0.2, 0.25) is 0 Å². The maximum Gasteiger partial charge on any atom is 0.0478 e. The molecule has 0 aromatic rings. The van der Waals surface area contributed by atoms with Gasteiger partial charge in [-0.05, 0) is 21.1 Å². The van der Waals surface area contributed by atoms with Crippen LogP contribution in [0, 0.1) is 0 Å². The Morgan fingerprint density at radius 2 is 1.21 bits per heavy atom. The normalized spacial score (nSPS) is 25.9. The smallest absolute Gasteiger partial charge is 0.0478 e. The lowest BCUT2D eigenvalue weighted by molar-refractivity contribution is 0.239. The number of nitrogens with one attached hydrogen (secondary N) is 1. The highest BCUT2D eigenvalue weighted by atomic mass is 15.2. The maximum atomic E-state index is 3.44. The van der Waals surface area contributed by atoms with Crippen LogP contribution >= 0.6 is 0 Å². The molecule has 0 radical (unpaired) electrons. The minimum Gasteiger partial charge on any atom is -0.304 e. The van der Waals surface area contributed by atoms with Crippen LogP contribution in [0.15, 0.2) is 0 Å². The van der Waals surface area contributed by atoms with E-state index in [1.54, 1.807) is 0 Å². The van der Waals surface area contributed by atoms with Gasteiger partial charge in [0.05, 0.1) is 0 Å². The second kappa shape index (κ2) is 6.35. The molecule has 1 rings (SSSR count). The third-order valence-electron chi connectivity index (χ3n) is 2.78. The zero-order valence-electron chi connectivity index (χ0n) is 9.79. The summed E-state index contributed by atoms with van der Waals surface area (Å²) in [6.45, 7) is 7.87. The van der Waals surface area contributed by atoms with Crippen molar-refractivity contribution in [2.24, 2.45) is 0 Å². The van der Waals surface area contributed by atoms with Crippen LogP contribution in [0.4, 0.5) is 0 Å². The van der Waals surface area contributed by atoms with E-state index in [9.17, 15) is 0 Å². The molecule has 1 heterocycles. The van der Waals surface area contributed by atoms with Crippen molar-refractivity contribution in [2.45, 2.75) is 0 Å². The Morgan fingerprint density at radius 1 is 0.714 bits per heavy atom. The van der Waals surface area contributed by atoms with Crippen LogP contribution < -0.4 is 5.32 Å². The molecular weight excluding hydrogens is 176 g/mol. The summed E-state index contributed by atoms with van der Waals surface area (Å²) in [5.41, 5.74) is 0. The number of nitrogens with zero attached hydrogens (tertiary/aromatic N) is 3. The van der Waals surface area contributed by atoms with Crippen molar-refractivity contribution in [1.29, 1.82) is 0 Å². The van der Waals surface area contributed by atoms with Crippen molar-refractivity contribution in [3.63, 3.8) is 0 Å². The molecule has 0 spiro atoms. The molecule has 0 aromatic carbocycles. The van der Waals surface area contributed by atoms with Gasteiger partial charge in [-0.3, -0.25) is 4.90 Å². The quantitative estimate of drug-likeness (QED) is 0.560. The predicted octanol–water partition coefficient (Wildman–Crippen LogP) is -0.657. The van der Waals surface area contributed by atoms with Gasteiger partial charge < -0.3 is 15.1 Å². The number of hydrogen-bond donors (Lipinski definition) is 1. The van der Waals surface area contributed by atoms with Crippen molar-refractivity contribution in [1.82, 2.24) is 20.0 Å². The van der Waals surface area contributed by atoms with Crippen LogP contribution in [0.1, 0.15) is 0 Å². The van der Waals surface area contributed by atoms with E-state index in [0.29, 0.717) is 0 Å². The Bertz CT molecular complexity index is 135. The molecule has 0 atom stereocenters. The van der Waals surface area contributed by atoms with Gasteiger partial charge in [-0.15, -0.1) is 0 Å². The van der Waals surface area contributed by atoms with Gasteiger partial charge in [0.2, 0.25) is 0 Å². The molecule has 0 aliphatic carbocycles. The monoisotopic (exact) mass is 200 g/mol. The van der Waals surface area contributed by atoms with Gasteiger partial charge in [-0.25, -0.2) is 0 Å². The molecule has 1 aliphatic heterocycles. The molecule has 0 saturated carbocycles. The fourth-order valence-corrected chi connectivity index (χ4v) is 1.53. The van der Waals surface area contributed by atoms with Gasteiger partial charge >= 0.3 is 0 Å². The first kappa shape index (κ1) is 11.9. The molecule has 0 amide bonds. The Hall–Kier alpha value is -0.160. The lowest BCUT2D eigenvalue weighted by Gasteiger charge is -2.22. The number of hydrogen-bond acceptors (Lipinski definition) is 4. The average Bonchev–Trinajstić information content (AvgIpc) is 2.19. The zero-order valence-corrected chi connectivity index (χ0v) is 9.79. The Labute approximate surface area is 87.8 Å². The molecule has 1 aliphatic rings. The largest absolute Gasteiger partial charge is 0.304 e. The molecule has 0 aromatic heterocycles. The van der Waals surface area contributed by atoms with Gasteiger partial charge in [-0.2, -0.15) is 0 Å². The van der Waals surface area contributed by atoms with Crippen LogP contribution in [0.5, 0.6) is 0 Å². The highest BCUT2D eigenvalue weighted by Gasteiger charge is 2.06. The molecule has 84 valence electrons. The zero-order chi connectivity index (χ0) is 10.4. The average molecular weight is 200 g/mol. The molecule has 1 saturated heterocycles. The van der Waals surface area contributed by atoms with Gasteiger partial charge in [0.1, 0.15) is 0 Å². The summed E-state index contributed by atoms with van der Waals surface area (Å²) in [4.78, 5) is 7.12. The van der Waals surface area contributed by atoms with Crippen molar-refractivity contribution < 1.29 is 0 Å². The van der Waals surface area contributed by atoms with Crippen molar-refractivity contribution in [2.75, 3.05) is 67.1 Å². The highest BCUT2D eigenvalue weighted by Crippen LogP contribution is 1.90. The van der Waals surface area contributed by atoms with Crippen molar-refractivity contribution in [3.05, 3.63) is 0 Å². The third kappa shape index (κ3) is 4.91. The fraction of sp³-hybridized carbons (Fsp3) is 1.00. The summed E-state index contributed by atoms with van der Waals surface area (Å²) in [5.74, 6) is 0. The predicted molar refractivity (Wildman–Crippen MR) is 60.5 cm³/mol. The van der Waals surface area contributed by atoms with Crippen LogP contribution in [0.25, 0.3) is 0 Å². The van der Waals surface area contributed by atoms with Crippen molar-refractivity contribution in [3.8, 4) is 0 Å². The minimum atomic E-state index is 1.00. The summed E-state index contributed by atoms with van der Waals surface area (Å²) in [6, 6.07) is 0. The van der Waals surface area contributed by atoms with E-state index in [1.807, 2.05) is 0 Å². The molecule has 4 nitrogen and oxygen atoms in total. The molecule has 0 bridgehead atoms. The summed E-state index contributed by atoms with van der Waals surface area (Å²) in [7, 11) is 6.56. The Balaban J connectivity index is 2.33. The Morgan fingerprint density at radius 3 is 1.86 bits per heavy atom. The molecule has 14 heavy (non-hydrogen) atoms. The fourth-order valence-electron chi connectivity index (χ4n) is 1.53. The molecule has 1 fully saturated rings. The lowest BCUT2D eigenvalue weighted by atomic mass is 10.4. The van der Waals surface area contributed by atoms with Gasteiger partial charge in [0.25, 0.3) is 0 Å². The van der Waals surface area contributed by atoms with E-state index < -0.39 is 0 Å². The van der Waals surface area contributed by atoms with Gasteiger partial charge in [0.15, 0.2) is 0 Å². The third-order valence-corrected chi connectivity index (χ3v) is 2.78. The minimum absolute atomic E-state index is 1.00. The molecule has 1 N–H and O–H groups in total. The van der Waals surface area contributed by atoms with E-state index >= 15 is 0 Å². The van der Waals surface area contributed by atoms with E-state index in [1.165, 1.54) is 13.1 Å². The van der Waals surface area contributed by atoms with E-state index in [0.717, 1.165) is 32.8 Å². The first-order valence-corrected chi connectivity index (χ1v) is 5.45. The summed E-state index contributed by atoms with van der Waals surface area (Å²) in [6.07, 6.45) is 0. The first-order valence-electron chi connectivity index (χ1n) is 5.45. The van der Waals surface area contributed by atoms with Crippen molar-refractivity contribution >= 4 is 0 Å². The SMILES string of the molecule is CN1CCNCN(C)CCN(C)CC1. The lowest BCUT2D eigenvalue weighted by Crippen LogP contribution is -2.37. The topological polar surface area (TPSA) is 21.8 Å². The van der Waals surface area contributed by atoms with E-state index in [4.69, 9.17) is 0 Å². The van der Waals surface area contributed by atoms with Crippen LogP contribution in [-0.4, -0.2) is 81.8 Å². The summed E-state index contributed by atoms with van der Waals surface area (Å²) >= 11 is 0. The summed E-state index contributed by atoms with van der Waals surface area (Å²) in [5, 5.41) is 3.44. The van der Waals surface area contributed by atoms with Crippen LogP contribution in [0.3, 0.4) is 0 Å². The molecule has 0 unspecified atom stereocenters. The van der Waals surface area contributed by atoms with Gasteiger partial charge in [0, 0.05) is 45.9 Å². The summed E-state index contributed by atoms with van der Waals surface area (Å²) < 4.78 is 0. The highest BCUT2D eigenvalue weighted by molar-refractivity contribution is 4.63. The standard InChI is InChI=1S/C10H24N4/c1-12-5-4-11-10-14(3)9-8-13(2)7-6-12/h11H,4-10H2,1-3H3. The second-order valence-corrected chi connectivity index (χ2v) is 4.34. The number of likely N-dealkylation sites (N-methyl/N-ethyl adjacent to an activating group) is 3. The molecule has 4 heteroatoms. The maximum absolute atomic E-state index is 3.44. The Kier molecular flexibility index (Phi) is 5.40. The number of rotatable bonds is 0.